The Morgan fingerprint density at radius 2 is 1.29 bits per heavy atom. The number of H-pyrrole nitrogens is 2. The van der Waals surface area contributed by atoms with Crippen LogP contribution in [0.5, 0.6) is 0 Å². The zero-order valence-electron chi connectivity index (χ0n) is 7.44. The summed E-state index contributed by atoms with van der Waals surface area (Å²) in [5, 5.41) is 0. The number of aldehydes is 2. The molecule has 0 saturated heterocycles. The van der Waals surface area contributed by atoms with E-state index in [1.807, 2.05) is 0 Å². The molecular formula is C10H10N2O2. The third-order valence-corrected chi connectivity index (χ3v) is 1.52. The van der Waals surface area contributed by atoms with Gasteiger partial charge in [0, 0.05) is 35.9 Å². The van der Waals surface area contributed by atoms with Gasteiger partial charge < -0.3 is 9.97 Å². The van der Waals surface area contributed by atoms with Crippen LogP contribution in [0, 0.1) is 0 Å². The maximum Gasteiger partial charge on any atom is 0.151 e. The first kappa shape index (κ1) is 9.98. The average molecular weight is 190 g/mol. The minimum absolute atomic E-state index is 0.694. The number of hydrogen-bond donors (Lipinski definition) is 2. The van der Waals surface area contributed by atoms with E-state index in [9.17, 15) is 9.59 Å². The van der Waals surface area contributed by atoms with Gasteiger partial charge in [-0.3, -0.25) is 9.59 Å². The number of rotatable bonds is 2. The van der Waals surface area contributed by atoms with E-state index in [2.05, 4.69) is 9.97 Å². The predicted octanol–water partition coefficient (Wildman–Crippen LogP) is 1.65. The number of aromatic amines is 2. The highest BCUT2D eigenvalue weighted by Gasteiger charge is 1.82. The molecular weight excluding hydrogens is 180 g/mol. The molecule has 0 unspecified atom stereocenters. The zero-order valence-corrected chi connectivity index (χ0v) is 7.44. The van der Waals surface area contributed by atoms with Gasteiger partial charge in [0.2, 0.25) is 0 Å². The molecule has 0 aliphatic rings. The normalized spacial score (nSPS) is 8.57. The summed E-state index contributed by atoms with van der Waals surface area (Å²) in [5.74, 6) is 0. The number of hydrogen-bond acceptors (Lipinski definition) is 2. The van der Waals surface area contributed by atoms with Gasteiger partial charge in [0.1, 0.15) is 0 Å². The average Bonchev–Trinajstić information content (AvgIpc) is 2.92. The molecule has 4 nitrogen and oxygen atoms in total. The smallest absolute Gasteiger partial charge is 0.151 e. The van der Waals surface area contributed by atoms with Crippen LogP contribution in [0.3, 0.4) is 0 Å². The van der Waals surface area contributed by atoms with Crippen molar-refractivity contribution in [3.05, 3.63) is 48.0 Å². The highest BCUT2D eigenvalue weighted by molar-refractivity contribution is 5.74. The zero-order chi connectivity index (χ0) is 10.2. The van der Waals surface area contributed by atoms with Gasteiger partial charge >= 0.3 is 0 Å². The minimum Gasteiger partial charge on any atom is -0.367 e. The van der Waals surface area contributed by atoms with Crippen molar-refractivity contribution < 1.29 is 9.59 Å². The lowest BCUT2D eigenvalue weighted by molar-refractivity contribution is 0.111. The van der Waals surface area contributed by atoms with E-state index in [-0.39, 0.29) is 0 Å². The van der Waals surface area contributed by atoms with Crippen molar-refractivity contribution in [3.8, 4) is 0 Å². The van der Waals surface area contributed by atoms with E-state index >= 15 is 0 Å². The topological polar surface area (TPSA) is 65.7 Å². The number of nitrogens with one attached hydrogen (secondary N) is 2. The molecule has 0 amide bonds. The molecule has 2 aromatic rings. The maximum absolute atomic E-state index is 9.85. The molecule has 0 bridgehead atoms. The van der Waals surface area contributed by atoms with Gasteiger partial charge in [0.05, 0.1) is 0 Å². The van der Waals surface area contributed by atoms with Crippen LogP contribution in [0.1, 0.15) is 20.7 Å². The summed E-state index contributed by atoms with van der Waals surface area (Å²) in [4.78, 5) is 25.2. The summed E-state index contributed by atoms with van der Waals surface area (Å²) in [6.07, 6.45) is 8.32. The molecule has 2 N–H and O–H groups in total. The van der Waals surface area contributed by atoms with E-state index in [1.54, 1.807) is 36.9 Å². The van der Waals surface area contributed by atoms with E-state index in [0.29, 0.717) is 11.1 Å². The Hall–Kier alpha value is -2.10. The predicted molar refractivity (Wildman–Crippen MR) is 52.4 cm³/mol. The van der Waals surface area contributed by atoms with Crippen LogP contribution < -0.4 is 0 Å². The van der Waals surface area contributed by atoms with Crippen LogP contribution in [0.2, 0.25) is 0 Å². The molecule has 4 heteroatoms. The summed E-state index contributed by atoms with van der Waals surface area (Å²) in [6, 6.07) is 3.43. The molecule has 0 radical (unpaired) electrons. The fraction of sp³-hybridized carbons (Fsp3) is 0. The van der Waals surface area contributed by atoms with Gasteiger partial charge in [-0.15, -0.1) is 0 Å². The van der Waals surface area contributed by atoms with Crippen LogP contribution in [0.15, 0.2) is 36.9 Å². The van der Waals surface area contributed by atoms with Gasteiger partial charge in [0.25, 0.3) is 0 Å². The Bertz CT molecular complexity index is 324. The van der Waals surface area contributed by atoms with E-state index in [4.69, 9.17) is 0 Å². The second kappa shape index (κ2) is 5.53. The van der Waals surface area contributed by atoms with Crippen molar-refractivity contribution >= 4 is 12.6 Å². The monoisotopic (exact) mass is 190 g/mol. The standard InChI is InChI=1S/2C5H5NO/c2*7-4-5-1-2-6-3-5/h2*1-4,6H. The van der Waals surface area contributed by atoms with Crippen molar-refractivity contribution in [2.45, 2.75) is 0 Å². The molecule has 0 spiro atoms. The van der Waals surface area contributed by atoms with E-state index in [1.165, 1.54) is 0 Å². The van der Waals surface area contributed by atoms with Gasteiger partial charge in [-0.2, -0.15) is 0 Å². The van der Waals surface area contributed by atoms with Crippen LogP contribution in [0.25, 0.3) is 0 Å². The Morgan fingerprint density at radius 1 is 0.857 bits per heavy atom. The highest BCUT2D eigenvalue weighted by Crippen LogP contribution is 1.88. The van der Waals surface area contributed by atoms with Crippen molar-refractivity contribution in [2.24, 2.45) is 0 Å². The van der Waals surface area contributed by atoms with Crippen LogP contribution in [0.4, 0.5) is 0 Å². The minimum atomic E-state index is 0.694. The molecule has 0 aliphatic heterocycles. The van der Waals surface area contributed by atoms with Gasteiger partial charge in [-0.1, -0.05) is 0 Å². The first-order valence-corrected chi connectivity index (χ1v) is 4.02. The molecule has 0 atom stereocenters. The second-order valence-electron chi connectivity index (χ2n) is 2.52. The molecule has 0 fully saturated rings. The van der Waals surface area contributed by atoms with Gasteiger partial charge in [-0.25, -0.2) is 0 Å². The molecule has 2 rings (SSSR count). The van der Waals surface area contributed by atoms with E-state index < -0.39 is 0 Å². The SMILES string of the molecule is O=Cc1cc[nH]c1.O=Cc1cc[nH]c1. The lowest BCUT2D eigenvalue weighted by atomic mass is 10.4. The molecule has 2 heterocycles. The molecule has 72 valence electrons. The molecule has 2 aromatic heterocycles. The summed E-state index contributed by atoms with van der Waals surface area (Å²) < 4.78 is 0. The number of carbonyl (C=O) groups excluding carboxylic acids is 2. The summed E-state index contributed by atoms with van der Waals surface area (Å²) in [7, 11) is 0. The summed E-state index contributed by atoms with van der Waals surface area (Å²) >= 11 is 0. The molecule has 0 saturated carbocycles. The highest BCUT2D eigenvalue weighted by atomic mass is 16.1. The number of aromatic nitrogens is 2. The Balaban J connectivity index is 0.000000140. The third kappa shape index (κ3) is 3.10. The Morgan fingerprint density at radius 3 is 1.43 bits per heavy atom. The van der Waals surface area contributed by atoms with Crippen LogP contribution >= 0.6 is 0 Å². The fourth-order valence-corrected chi connectivity index (χ4v) is 0.820. The lowest BCUT2D eigenvalue weighted by Crippen LogP contribution is -1.66. The molecule has 0 aromatic carbocycles. The van der Waals surface area contributed by atoms with Crippen LogP contribution in [-0.2, 0) is 0 Å². The van der Waals surface area contributed by atoms with Crippen molar-refractivity contribution in [2.75, 3.05) is 0 Å². The Kier molecular flexibility index (Phi) is 3.94. The molecule has 0 aliphatic carbocycles. The maximum atomic E-state index is 9.85. The molecule has 14 heavy (non-hydrogen) atoms. The summed E-state index contributed by atoms with van der Waals surface area (Å²) in [6.45, 7) is 0. The fourth-order valence-electron chi connectivity index (χ4n) is 0.820. The third-order valence-electron chi connectivity index (χ3n) is 1.52. The van der Waals surface area contributed by atoms with Crippen LogP contribution in [-0.4, -0.2) is 22.5 Å². The van der Waals surface area contributed by atoms with Crippen molar-refractivity contribution in [1.82, 2.24) is 9.97 Å². The largest absolute Gasteiger partial charge is 0.367 e. The summed E-state index contributed by atoms with van der Waals surface area (Å²) in [5.41, 5.74) is 1.39. The second-order valence-corrected chi connectivity index (χ2v) is 2.52. The Labute approximate surface area is 81.0 Å². The van der Waals surface area contributed by atoms with Gasteiger partial charge in [-0.05, 0) is 12.1 Å². The van der Waals surface area contributed by atoms with E-state index in [0.717, 1.165) is 12.6 Å². The lowest BCUT2D eigenvalue weighted by Gasteiger charge is -1.66. The first-order chi connectivity index (χ1) is 6.86. The first-order valence-electron chi connectivity index (χ1n) is 4.02. The number of carbonyl (C=O) groups is 2. The van der Waals surface area contributed by atoms with Gasteiger partial charge in [0.15, 0.2) is 12.6 Å². The van der Waals surface area contributed by atoms with Crippen molar-refractivity contribution in [1.29, 1.82) is 0 Å². The van der Waals surface area contributed by atoms with Crippen molar-refractivity contribution in [3.63, 3.8) is 0 Å². The quantitative estimate of drug-likeness (QED) is 0.707.